The number of carbonyl (C=O) groups is 1. The number of hydrogen-bond donors (Lipinski definition) is 1. The molecule has 0 spiro atoms. The first-order valence-corrected chi connectivity index (χ1v) is 6.16. The highest BCUT2D eigenvalue weighted by Crippen LogP contribution is 2.30. The molecule has 0 aromatic heterocycles. The largest absolute Gasteiger partial charge is 0.416 e. The van der Waals surface area contributed by atoms with Gasteiger partial charge in [0.15, 0.2) is 0 Å². The second kappa shape index (κ2) is 5.50. The molecule has 1 heterocycles. The number of hydrogen-bond acceptors (Lipinski definition) is 2. The van der Waals surface area contributed by atoms with Gasteiger partial charge in [0.1, 0.15) is 0 Å². The molecule has 1 fully saturated rings. The fraction of sp³-hybridized carbons (Fsp3) is 0.462. The summed E-state index contributed by atoms with van der Waals surface area (Å²) in [5.74, 6) is -0.0742. The van der Waals surface area contributed by atoms with Crippen molar-refractivity contribution in [3.8, 4) is 0 Å². The lowest BCUT2D eigenvalue weighted by Gasteiger charge is -2.16. The molecule has 1 N–H and O–H groups in total. The Morgan fingerprint density at radius 1 is 1.26 bits per heavy atom. The lowest BCUT2D eigenvalue weighted by Crippen LogP contribution is -2.33. The summed E-state index contributed by atoms with van der Waals surface area (Å²) in [6, 6.07) is 4.86. The first kappa shape index (κ1) is 13.7. The third-order valence-electron chi connectivity index (χ3n) is 3.09. The van der Waals surface area contributed by atoms with Gasteiger partial charge in [-0.1, -0.05) is 6.07 Å². The molecule has 3 nitrogen and oxygen atoms in total. The van der Waals surface area contributed by atoms with Crippen molar-refractivity contribution in [1.82, 2.24) is 4.90 Å². The van der Waals surface area contributed by atoms with E-state index in [1.54, 1.807) is 4.90 Å². The van der Waals surface area contributed by atoms with E-state index in [2.05, 4.69) is 5.32 Å². The highest BCUT2D eigenvalue weighted by Gasteiger charge is 2.30. The summed E-state index contributed by atoms with van der Waals surface area (Å²) in [5.41, 5.74) is -0.409. The van der Waals surface area contributed by atoms with Gasteiger partial charge in [0, 0.05) is 18.8 Å². The Morgan fingerprint density at radius 3 is 2.58 bits per heavy atom. The molecular formula is C13H15F3N2O. The van der Waals surface area contributed by atoms with Gasteiger partial charge in [0.25, 0.3) is 0 Å². The predicted octanol–water partition coefficient (Wildman–Crippen LogP) is 2.74. The molecular weight excluding hydrogens is 257 g/mol. The number of benzene rings is 1. The summed E-state index contributed by atoms with van der Waals surface area (Å²) < 4.78 is 37.5. The minimum atomic E-state index is -4.36. The number of carbonyl (C=O) groups excluding carboxylic acids is 1. The van der Waals surface area contributed by atoms with Crippen LogP contribution >= 0.6 is 0 Å². The smallest absolute Gasteiger partial charge is 0.376 e. The summed E-state index contributed by atoms with van der Waals surface area (Å²) in [4.78, 5) is 13.5. The van der Waals surface area contributed by atoms with Crippen LogP contribution in [0.4, 0.5) is 18.9 Å². The van der Waals surface area contributed by atoms with Gasteiger partial charge in [-0.25, -0.2) is 0 Å². The number of alkyl halides is 3. The van der Waals surface area contributed by atoms with Crippen molar-refractivity contribution >= 4 is 11.6 Å². The fourth-order valence-corrected chi connectivity index (χ4v) is 2.06. The molecule has 104 valence electrons. The second-order valence-electron chi connectivity index (χ2n) is 4.52. The molecule has 2 rings (SSSR count). The summed E-state index contributed by atoms with van der Waals surface area (Å²) in [6.07, 6.45) is -2.37. The van der Waals surface area contributed by atoms with Crippen LogP contribution in [0.15, 0.2) is 24.3 Å². The molecule has 0 bridgehead atoms. The van der Waals surface area contributed by atoms with E-state index in [0.29, 0.717) is 5.69 Å². The van der Waals surface area contributed by atoms with Crippen molar-refractivity contribution < 1.29 is 18.0 Å². The van der Waals surface area contributed by atoms with Crippen LogP contribution < -0.4 is 5.32 Å². The van der Waals surface area contributed by atoms with Crippen LogP contribution in [0.1, 0.15) is 18.4 Å². The monoisotopic (exact) mass is 272 g/mol. The van der Waals surface area contributed by atoms with E-state index in [4.69, 9.17) is 0 Å². The van der Waals surface area contributed by atoms with Crippen LogP contribution in [0, 0.1) is 0 Å². The SMILES string of the molecule is O=C(CNc1cccc(C(F)(F)F)c1)N1CCCC1. The Balaban J connectivity index is 1.94. The minimum absolute atomic E-state index is 0.0291. The second-order valence-corrected chi connectivity index (χ2v) is 4.52. The molecule has 0 aliphatic carbocycles. The third-order valence-corrected chi connectivity index (χ3v) is 3.09. The molecule has 1 amide bonds. The number of amides is 1. The molecule has 0 radical (unpaired) electrons. The Morgan fingerprint density at radius 2 is 1.95 bits per heavy atom. The third kappa shape index (κ3) is 3.62. The fourth-order valence-electron chi connectivity index (χ4n) is 2.06. The van der Waals surface area contributed by atoms with Crippen LogP contribution in [-0.4, -0.2) is 30.4 Å². The van der Waals surface area contributed by atoms with Gasteiger partial charge >= 0.3 is 6.18 Å². The van der Waals surface area contributed by atoms with Gasteiger partial charge in [-0.15, -0.1) is 0 Å². The molecule has 1 aliphatic heterocycles. The molecule has 6 heteroatoms. The molecule has 0 atom stereocenters. The molecule has 1 saturated heterocycles. The Kier molecular flexibility index (Phi) is 3.97. The Labute approximate surface area is 109 Å². The zero-order valence-corrected chi connectivity index (χ0v) is 10.3. The van der Waals surface area contributed by atoms with E-state index in [1.165, 1.54) is 12.1 Å². The molecule has 1 aliphatic rings. The standard InChI is InChI=1S/C13H15F3N2O/c14-13(15,16)10-4-3-5-11(8-10)17-9-12(19)18-6-1-2-7-18/h3-5,8,17H,1-2,6-7,9H2. The highest BCUT2D eigenvalue weighted by molar-refractivity contribution is 5.81. The van der Waals surface area contributed by atoms with Crippen molar-refractivity contribution in [3.05, 3.63) is 29.8 Å². The number of anilines is 1. The molecule has 0 unspecified atom stereocenters. The van der Waals surface area contributed by atoms with Gasteiger partial charge in [0.05, 0.1) is 12.1 Å². The number of rotatable bonds is 3. The number of nitrogens with one attached hydrogen (secondary N) is 1. The lowest BCUT2D eigenvalue weighted by atomic mass is 10.2. The summed E-state index contributed by atoms with van der Waals surface area (Å²) in [6.45, 7) is 1.51. The summed E-state index contributed by atoms with van der Waals surface area (Å²) in [5, 5.41) is 2.74. The van der Waals surface area contributed by atoms with E-state index in [1.807, 2.05) is 0 Å². The summed E-state index contributed by atoms with van der Waals surface area (Å²) >= 11 is 0. The van der Waals surface area contributed by atoms with Gasteiger partial charge < -0.3 is 10.2 Å². The van der Waals surface area contributed by atoms with Crippen LogP contribution in [0.2, 0.25) is 0 Å². The minimum Gasteiger partial charge on any atom is -0.376 e. The maximum Gasteiger partial charge on any atom is 0.416 e. The quantitative estimate of drug-likeness (QED) is 0.917. The maximum absolute atomic E-state index is 12.5. The Bertz CT molecular complexity index is 453. The average molecular weight is 272 g/mol. The zero-order chi connectivity index (χ0) is 13.9. The molecule has 1 aromatic rings. The predicted molar refractivity (Wildman–Crippen MR) is 65.7 cm³/mol. The molecule has 0 saturated carbocycles. The van der Waals surface area contributed by atoms with E-state index in [-0.39, 0.29) is 12.5 Å². The van der Waals surface area contributed by atoms with Gasteiger partial charge in [0.2, 0.25) is 5.91 Å². The Hall–Kier alpha value is -1.72. The van der Waals surface area contributed by atoms with Crippen molar-refractivity contribution in [3.63, 3.8) is 0 Å². The van der Waals surface area contributed by atoms with Crippen molar-refractivity contribution in [2.75, 3.05) is 25.0 Å². The van der Waals surface area contributed by atoms with Crippen LogP contribution in [0.5, 0.6) is 0 Å². The van der Waals surface area contributed by atoms with E-state index in [9.17, 15) is 18.0 Å². The van der Waals surface area contributed by atoms with Crippen molar-refractivity contribution in [2.24, 2.45) is 0 Å². The van der Waals surface area contributed by atoms with Crippen molar-refractivity contribution in [2.45, 2.75) is 19.0 Å². The van der Waals surface area contributed by atoms with E-state index >= 15 is 0 Å². The van der Waals surface area contributed by atoms with Crippen LogP contribution in [0.3, 0.4) is 0 Å². The van der Waals surface area contributed by atoms with E-state index < -0.39 is 11.7 Å². The average Bonchev–Trinajstić information content (AvgIpc) is 2.89. The number of halogens is 3. The molecule has 19 heavy (non-hydrogen) atoms. The topological polar surface area (TPSA) is 32.3 Å². The first-order chi connectivity index (χ1) is 8.97. The van der Waals surface area contributed by atoms with Gasteiger partial charge in [-0.05, 0) is 31.0 Å². The van der Waals surface area contributed by atoms with Crippen LogP contribution in [-0.2, 0) is 11.0 Å². The molecule has 1 aromatic carbocycles. The highest BCUT2D eigenvalue weighted by atomic mass is 19.4. The van der Waals surface area contributed by atoms with E-state index in [0.717, 1.165) is 38.1 Å². The van der Waals surface area contributed by atoms with Gasteiger partial charge in [-0.2, -0.15) is 13.2 Å². The number of likely N-dealkylation sites (tertiary alicyclic amines) is 1. The van der Waals surface area contributed by atoms with Crippen LogP contribution in [0.25, 0.3) is 0 Å². The van der Waals surface area contributed by atoms with Gasteiger partial charge in [-0.3, -0.25) is 4.79 Å². The van der Waals surface area contributed by atoms with Crippen molar-refractivity contribution in [1.29, 1.82) is 0 Å². The normalized spacial score (nSPS) is 15.6. The number of nitrogens with zero attached hydrogens (tertiary/aromatic N) is 1. The lowest BCUT2D eigenvalue weighted by molar-refractivity contribution is -0.137. The summed E-state index contributed by atoms with van der Waals surface area (Å²) in [7, 11) is 0. The maximum atomic E-state index is 12.5. The zero-order valence-electron chi connectivity index (χ0n) is 10.3. The first-order valence-electron chi connectivity index (χ1n) is 6.16.